The molecule has 4 bridgehead atoms. The summed E-state index contributed by atoms with van der Waals surface area (Å²) in [5, 5.41) is 0. The van der Waals surface area contributed by atoms with Crippen molar-refractivity contribution in [3.05, 3.63) is 181 Å². The van der Waals surface area contributed by atoms with Gasteiger partial charge in [-0.3, -0.25) is 4.98 Å². The number of pyridine rings is 1. The molecule has 1 aromatic heterocycles. The van der Waals surface area contributed by atoms with E-state index in [9.17, 15) is 0 Å². The number of fused-ring (bicyclic) bond motifs is 3. The second-order valence-electron chi connectivity index (χ2n) is 17.9. The smallest absolute Gasteiger partial charge is 0.0465 e. The Morgan fingerprint density at radius 3 is 1.41 bits per heavy atom. The Balaban J connectivity index is 0.888. The molecule has 6 aromatic carbocycles. The van der Waals surface area contributed by atoms with Gasteiger partial charge in [0, 0.05) is 34.9 Å². The van der Waals surface area contributed by atoms with Crippen LogP contribution in [-0.4, -0.2) is 4.98 Å². The van der Waals surface area contributed by atoms with Crippen LogP contribution in [0.2, 0.25) is 0 Å². The molecule has 5 aliphatic carbocycles. The van der Waals surface area contributed by atoms with Gasteiger partial charge < -0.3 is 4.90 Å². The Morgan fingerprint density at radius 1 is 0.446 bits per heavy atom. The average molecular weight is 725 g/mol. The molecule has 0 radical (unpaired) electrons. The highest BCUT2D eigenvalue weighted by atomic mass is 15.1. The van der Waals surface area contributed by atoms with E-state index in [1.165, 1.54) is 94.2 Å². The van der Waals surface area contributed by atoms with E-state index >= 15 is 0 Å². The first kappa shape index (κ1) is 33.6. The largest absolute Gasteiger partial charge is 0.310 e. The van der Waals surface area contributed by atoms with E-state index in [1.54, 1.807) is 5.56 Å². The van der Waals surface area contributed by atoms with E-state index in [-0.39, 0.29) is 5.41 Å². The molecule has 1 heterocycles. The Hall–Kier alpha value is -5.73. The monoisotopic (exact) mass is 724 g/mol. The summed E-state index contributed by atoms with van der Waals surface area (Å²) < 4.78 is 0. The van der Waals surface area contributed by atoms with Crippen LogP contribution in [0.4, 0.5) is 17.1 Å². The van der Waals surface area contributed by atoms with Gasteiger partial charge in [-0.05, 0) is 171 Å². The Morgan fingerprint density at radius 2 is 0.875 bits per heavy atom. The van der Waals surface area contributed by atoms with Crippen LogP contribution in [0.15, 0.2) is 164 Å². The first-order chi connectivity index (χ1) is 27.4. The van der Waals surface area contributed by atoms with Crippen LogP contribution in [0.3, 0.4) is 0 Å². The van der Waals surface area contributed by atoms with Gasteiger partial charge in [-0.1, -0.05) is 117 Å². The van der Waals surface area contributed by atoms with E-state index in [2.05, 4.69) is 175 Å². The number of aromatic nitrogens is 1. The molecule has 0 atom stereocenters. The van der Waals surface area contributed by atoms with Crippen LogP contribution < -0.4 is 4.90 Å². The lowest BCUT2D eigenvalue weighted by atomic mass is 9.48. The van der Waals surface area contributed by atoms with Crippen molar-refractivity contribution in [1.29, 1.82) is 0 Å². The maximum Gasteiger partial charge on any atom is 0.0465 e. The van der Waals surface area contributed by atoms with Gasteiger partial charge in [0.15, 0.2) is 0 Å². The van der Waals surface area contributed by atoms with Crippen molar-refractivity contribution >= 4 is 17.1 Å². The topological polar surface area (TPSA) is 16.1 Å². The third-order valence-corrected chi connectivity index (χ3v) is 14.2. The van der Waals surface area contributed by atoms with Gasteiger partial charge in [-0.2, -0.15) is 0 Å². The first-order valence-corrected chi connectivity index (χ1v) is 20.8. The van der Waals surface area contributed by atoms with Crippen LogP contribution in [0, 0.1) is 17.8 Å². The molecule has 0 amide bonds. The van der Waals surface area contributed by atoms with Crippen molar-refractivity contribution in [3.63, 3.8) is 0 Å². The summed E-state index contributed by atoms with van der Waals surface area (Å²) in [6.07, 6.45) is 12.5. The third kappa shape index (κ3) is 5.56. The van der Waals surface area contributed by atoms with Gasteiger partial charge in [0.1, 0.15) is 0 Å². The second-order valence-corrected chi connectivity index (χ2v) is 17.9. The molecule has 4 saturated carbocycles. The predicted octanol–water partition coefficient (Wildman–Crippen LogP) is 14.3. The molecule has 2 nitrogen and oxygen atoms in total. The fourth-order valence-corrected chi connectivity index (χ4v) is 11.8. The average Bonchev–Trinajstić information content (AvgIpc) is 3.47. The molecule has 12 rings (SSSR count). The lowest BCUT2D eigenvalue weighted by Crippen LogP contribution is -2.48. The Bertz CT molecular complexity index is 2510. The molecule has 0 saturated heterocycles. The molecule has 56 heavy (non-hydrogen) atoms. The highest BCUT2D eigenvalue weighted by Crippen LogP contribution is 2.61. The maximum atomic E-state index is 4.22. The number of anilines is 3. The zero-order valence-electron chi connectivity index (χ0n) is 32.5. The van der Waals surface area contributed by atoms with Crippen molar-refractivity contribution in [2.45, 2.75) is 63.2 Å². The predicted molar refractivity (Wildman–Crippen MR) is 233 cm³/mol. The summed E-state index contributed by atoms with van der Waals surface area (Å²) >= 11 is 0. The highest BCUT2D eigenvalue weighted by molar-refractivity contribution is 5.86. The minimum atomic E-state index is -0.0781. The van der Waals surface area contributed by atoms with Crippen molar-refractivity contribution in [1.82, 2.24) is 4.98 Å². The zero-order chi connectivity index (χ0) is 37.4. The minimum absolute atomic E-state index is 0.0781. The summed E-state index contributed by atoms with van der Waals surface area (Å²) in [7, 11) is 0. The fourth-order valence-electron chi connectivity index (χ4n) is 11.8. The Labute approximate surface area is 331 Å². The minimum Gasteiger partial charge on any atom is -0.310 e. The SMILES string of the molecule is CC1(C)c2ccccc2-c2ccc(N(c3ccc(-c4ccncc4)cc3)c3ccc(-c4ccc(-c5ccc(C67CC8CC(CC(C8)C6)C7)cc5)cc4)cc3)cc21. The van der Waals surface area contributed by atoms with Gasteiger partial charge in [-0.15, -0.1) is 0 Å². The van der Waals surface area contributed by atoms with Crippen molar-refractivity contribution in [2.75, 3.05) is 4.90 Å². The highest BCUT2D eigenvalue weighted by Gasteiger charge is 2.51. The van der Waals surface area contributed by atoms with Crippen molar-refractivity contribution < 1.29 is 0 Å². The van der Waals surface area contributed by atoms with Gasteiger partial charge in [0.05, 0.1) is 0 Å². The number of nitrogens with zero attached hydrogens (tertiary/aromatic N) is 2. The number of rotatable bonds is 7. The quantitative estimate of drug-likeness (QED) is 0.163. The molecular weight excluding hydrogens is 677 g/mol. The maximum absolute atomic E-state index is 4.22. The molecule has 0 aliphatic heterocycles. The van der Waals surface area contributed by atoms with Crippen molar-refractivity contribution in [3.8, 4) is 44.5 Å². The summed E-state index contributed by atoms with van der Waals surface area (Å²) in [5.74, 6) is 2.92. The van der Waals surface area contributed by atoms with E-state index in [4.69, 9.17) is 0 Å². The van der Waals surface area contributed by atoms with Gasteiger partial charge in [0.25, 0.3) is 0 Å². The lowest BCUT2D eigenvalue weighted by Gasteiger charge is -2.57. The van der Waals surface area contributed by atoms with E-state index in [1.807, 2.05) is 12.4 Å². The van der Waals surface area contributed by atoms with Crippen LogP contribution in [0.5, 0.6) is 0 Å². The summed E-state index contributed by atoms with van der Waals surface area (Å²) in [4.78, 5) is 6.62. The molecule has 7 aromatic rings. The number of hydrogen-bond donors (Lipinski definition) is 0. The molecule has 2 heteroatoms. The first-order valence-electron chi connectivity index (χ1n) is 20.8. The number of hydrogen-bond acceptors (Lipinski definition) is 2. The normalized spacial score (nSPS) is 22.4. The lowest BCUT2D eigenvalue weighted by molar-refractivity contribution is -0.00518. The molecule has 274 valence electrons. The van der Waals surface area contributed by atoms with Gasteiger partial charge >= 0.3 is 0 Å². The molecule has 0 N–H and O–H groups in total. The number of benzene rings is 6. The molecule has 0 spiro atoms. The molecule has 0 unspecified atom stereocenters. The van der Waals surface area contributed by atoms with Crippen molar-refractivity contribution in [2.24, 2.45) is 17.8 Å². The van der Waals surface area contributed by atoms with Crippen LogP contribution in [0.1, 0.15) is 69.1 Å². The van der Waals surface area contributed by atoms with E-state index < -0.39 is 0 Å². The zero-order valence-corrected chi connectivity index (χ0v) is 32.5. The van der Waals surface area contributed by atoms with Gasteiger partial charge in [-0.25, -0.2) is 0 Å². The molecular formula is C54H48N2. The van der Waals surface area contributed by atoms with E-state index in [0.29, 0.717) is 5.41 Å². The second kappa shape index (κ2) is 12.9. The summed E-state index contributed by atoms with van der Waals surface area (Å²) in [6, 6.07) is 56.9. The molecule has 4 fully saturated rings. The van der Waals surface area contributed by atoms with E-state index in [0.717, 1.165) is 34.8 Å². The van der Waals surface area contributed by atoms with Gasteiger partial charge in [0.2, 0.25) is 0 Å². The summed E-state index contributed by atoms with van der Waals surface area (Å²) in [5.41, 5.74) is 18.2. The fraction of sp³-hybridized carbons (Fsp3) is 0.241. The standard InChI is InChI=1S/C54H48N2/c1-53(2)51-6-4-3-5-49(51)50-24-23-48(32-52(50)53)56(47-21-15-43(16-22-47)44-25-27-55-28-26-44)46-19-13-42(14-20-46)40-9-7-39(8-10-40)41-11-17-45(18-12-41)54-33-36-29-37(34-54)31-38(30-36)35-54/h3-28,32,36-38H,29-31,33-35H2,1-2H3. The molecule has 5 aliphatic rings. The van der Waals surface area contributed by atoms with Crippen LogP contribution in [0.25, 0.3) is 44.5 Å². The third-order valence-electron chi connectivity index (χ3n) is 14.2. The summed E-state index contributed by atoms with van der Waals surface area (Å²) in [6.45, 7) is 4.71. The van der Waals surface area contributed by atoms with Crippen LogP contribution >= 0.6 is 0 Å². The Kier molecular flexibility index (Phi) is 7.75. The van der Waals surface area contributed by atoms with Crippen LogP contribution in [-0.2, 0) is 10.8 Å².